The van der Waals surface area contributed by atoms with Crippen LogP contribution in [0.5, 0.6) is 6.01 Å². The summed E-state index contributed by atoms with van der Waals surface area (Å²) in [6.45, 7) is 15.2. The number of halogens is 2. The Labute approximate surface area is 297 Å². The number of carbonyl (C=O) groups is 1. The summed E-state index contributed by atoms with van der Waals surface area (Å²) < 4.78 is 44.4. The number of hydrogen-bond donors (Lipinski definition) is 0. The summed E-state index contributed by atoms with van der Waals surface area (Å²) in [4.78, 5) is 32.8. The number of hydrogen-bond acceptors (Lipinski definition) is 8. The molecule has 0 aromatic carbocycles. The van der Waals surface area contributed by atoms with Crippen LogP contribution in [0.3, 0.4) is 0 Å². The molecule has 3 fully saturated rings. The Hall–Kier alpha value is -2.02. The number of amides is 1. The minimum absolute atomic E-state index is 0.00464. The number of carbonyl (C=O) groups excluding carboxylic acids is 1. The number of alkyl halides is 1. The van der Waals surface area contributed by atoms with Crippen LogP contribution in [0.4, 0.5) is 19.4 Å². The second-order valence-electron chi connectivity index (χ2n) is 15.4. The fourth-order valence-electron chi connectivity index (χ4n) is 7.78. The number of fused-ring (bicyclic) bond motifs is 2. The van der Waals surface area contributed by atoms with Crippen molar-refractivity contribution >= 4 is 44.9 Å². The maximum absolute atomic E-state index is 16.7. The van der Waals surface area contributed by atoms with Crippen molar-refractivity contribution in [3.8, 4) is 6.01 Å². The summed E-state index contributed by atoms with van der Waals surface area (Å²) in [6, 6.07) is 0.749. The van der Waals surface area contributed by atoms with Crippen LogP contribution in [-0.2, 0) is 4.74 Å². The number of methoxy groups -OCH3 is 1. The maximum Gasteiger partial charge on any atom is 0.114 e. The van der Waals surface area contributed by atoms with Gasteiger partial charge < -0.3 is 0 Å². The summed E-state index contributed by atoms with van der Waals surface area (Å²) in [6.07, 6.45) is 11.8. The molecule has 1 amide bonds. The molecule has 49 heavy (non-hydrogen) atoms. The molecule has 5 rings (SSSR count). The van der Waals surface area contributed by atoms with Crippen LogP contribution in [-0.4, -0.2) is 113 Å². The molecule has 0 spiro atoms. The fourth-order valence-corrected chi connectivity index (χ4v) is 23.4. The average molecular weight is 796 g/mol. The zero-order chi connectivity index (χ0) is 35.8. The predicted molar refractivity (Wildman–Crippen MR) is 197 cm³/mol. The maximum atomic E-state index is 16.7. The largest absolute Gasteiger partial charge is 0.297 e. The van der Waals surface area contributed by atoms with Gasteiger partial charge in [-0.1, -0.05) is 0 Å². The van der Waals surface area contributed by atoms with Gasteiger partial charge in [0.2, 0.25) is 0 Å². The summed E-state index contributed by atoms with van der Waals surface area (Å²) >= 11 is -3.16. The third-order valence-corrected chi connectivity index (χ3v) is 25.6. The standard InChI is InChI=1S/C18H23FN5O3.C7H12FN.3C4H9.Sn/c1-18(2,3)27-17(25)24-7-6-11(10-24)23(4)15-12-8-20-9-13(19)14(12)21-16(22-15)26-5;8-6-4-7-2-1-3-9(7)5-6;3*1-3-4-2;/h8,11H,6-7,10H2,1-5H3;6-7H,1-5H2;3*1,3-4H2,2H3;. The first kappa shape index (κ1) is 39.8. The van der Waals surface area contributed by atoms with E-state index in [1.165, 1.54) is 20.0 Å². The van der Waals surface area contributed by atoms with Gasteiger partial charge in [0.1, 0.15) is 6.17 Å². The molecule has 5 heterocycles. The number of pyridine rings is 1. The monoisotopic (exact) mass is 796 g/mol. The first-order valence-corrected chi connectivity index (χ1v) is 26.3. The average Bonchev–Trinajstić information content (AvgIpc) is 3.81. The topological polar surface area (TPSA) is 83.9 Å². The van der Waals surface area contributed by atoms with Gasteiger partial charge in [0.25, 0.3) is 0 Å². The fraction of sp³-hybridized carbons (Fsp3) is 0.784. The summed E-state index contributed by atoms with van der Waals surface area (Å²) in [7, 11) is 3.45. The molecule has 3 aliphatic rings. The summed E-state index contributed by atoms with van der Waals surface area (Å²) in [5.74, 6) is 0.307. The van der Waals surface area contributed by atoms with Crippen LogP contribution in [0.15, 0.2) is 6.20 Å². The van der Waals surface area contributed by atoms with Gasteiger partial charge in [-0.3, -0.25) is 4.90 Å². The Morgan fingerprint density at radius 3 is 2.24 bits per heavy atom. The molecule has 3 saturated heterocycles. The summed E-state index contributed by atoms with van der Waals surface area (Å²) in [5, 5.41) is 0.585. The quantitative estimate of drug-likeness (QED) is 0.190. The van der Waals surface area contributed by atoms with Gasteiger partial charge in [-0.2, -0.15) is 0 Å². The van der Waals surface area contributed by atoms with E-state index in [2.05, 4.69) is 35.6 Å². The van der Waals surface area contributed by atoms with Crippen LogP contribution in [0.25, 0.3) is 10.9 Å². The molecule has 3 atom stereocenters. The van der Waals surface area contributed by atoms with E-state index in [0.29, 0.717) is 42.4 Å². The first-order chi connectivity index (χ1) is 23.4. The van der Waals surface area contributed by atoms with E-state index in [0.717, 1.165) is 74.9 Å². The Morgan fingerprint density at radius 1 is 1.02 bits per heavy atom. The first-order valence-electron chi connectivity index (χ1n) is 18.9. The molecule has 12 heteroatoms. The van der Waals surface area contributed by atoms with Crippen molar-refractivity contribution in [2.45, 2.75) is 143 Å². The van der Waals surface area contributed by atoms with Gasteiger partial charge in [0.15, 0.2) is 0 Å². The van der Waals surface area contributed by atoms with Gasteiger partial charge in [-0.25, -0.2) is 4.39 Å². The van der Waals surface area contributed by atoms with Gasteiger partial charge in [0.05, 0.1) is 0 Å². The number of likely N-dealkylation sites (tertiary alicyclic amines) is 1. The molecule has 0 bridgehead atoms. The molecule has 2 aromatic rings. The molecule has 0 radical (unpaired) electrons. The minimum atomic E-state index is -3.16. The molecule has 0 saturated carbocycles. The van der Waals surface area contributed by atoms with E-state index in [9.17, 15) is 9.18 Å². The number of aromatic nitrogens is 3. The Bertz CT molecular complexity index is 1340. The third kappa shape index (κ3) is 10.1. The molecular formula is C37H62F2N6O3Sn. The third-order valence-electron chi connectivity index (χ3n) is 10.5. The molecule has 3 aliphatic heterocycles. The van der Waals surface area contributed by atoms with E-state index in [1.807, 2.05) is 32.7 Å². The van der Waals surface area contributed by atoms with Crippen molar-refractivity contribution in [1.29, 1.82) is 0 Å². The van der Waals surface area contributed by atoms with E-state index in [1.54, 1.807) is 11.1 Å². The molecule has 0 N–H and O–H groups in total. The van der Waals surface area contributed by atoms with Crippen molar-refractivity contribution in [3.63, 3.8) is 0 Å². The van der Waals surface area contributed by atoms with Crippen LogP contribution >= 0.6 is 0 Å². The van der Waals surface area contributed by atoms with Crippen LogP contribution < -0.4 is 13.3 Å². The van der Waals surface area contributed by atoms with E-state index >= 15 is 4.39 Å². The van der Waals surface area contributed by atoms with Crippen molar-refractivity contribution in [1.82, 2.24) is 24.8 Å². The van der Waals surface area contributed by atoms with E-state index in [4.69, 9.17) is 14.5 Å². The zero-order valence-electron chi connectivity index (χ0n) is 31.5. The molecule has 276 valence electrons. The molecule has 2 aromatic heterocycles. The van der Waals surface area contributed by atoms with Gasteiger partial charge in [-0.05, 0) is 46.6 Å². The van der Waals surface area contributed by atoms with Gasteiger partial charge in [0, 0.05) is 12.6 Å². The smallest absolute Gasteiger partial charge is 0.114 e. The SMILES string of the molecule is CCC[CH2][Sn]([CH2]CCC)([CH2]CCC)[c]1ncc2c(N(C)C3CCN(C(=O)OC(C)(C)C)C3)nc(OC)nc2c1F.FC1CC2CCCN2C1. The van der Waals surface area contributed by atoms with Crippen molar-refractivity contribution < 1.29 is 23.0 Å². The normalized spacial score (nSPS) is 21.1. The van der Waals surface area contributed by atoms with E-state index < -0.39 is 30.1 Å². The van der Waals surface area contributed by atoms with Crippen LogP contribution in [0, 0.1) is 5.82 Å². The number of ether oxygens (including phenoxy) is 2. The molecule has 0 aliphatic carbocycles. The van der Waals surface area contributed by atoms with Crippen molar-refractivity contribution in [2.75, 3.05) is 45.2 Å². The van der Waals surface area contributed by atoms with E-state index in [-0.39, 0.29) is 24.0 Å². The Balaban J connectivity index is 0.000000511. The van der Waals surface area contributed by atoms with Gasteiger partial charge >= 0.3 is 224 Å². The van der Waals surface area contributed by atoms with Crippen LogP contribution in [0.2, 0.25) is 13.3 Å². The Kier molecular flexibility index (Phi) is 14.6. The molecule has 9 nitrogen and oxygen atoms in total. The van der Waals surface area contributed by atoms with Crippen LogP contribution in [0.1, 0.15) is 106 Å². The second-order valence-corrected chi connectivity index (χ2v) is 28.4. The molecular weight excluding hydrogens is 733 g/mol. The molecule has 3 unspecified atom stereocenters. The zero-order valence-corrected chi connectivity index (χ0v) is 34.3. The number of unbranched alkanes of at least 4 members (excludes halogenated alkanes) is 3. The minimum Gasteiger partial charge on any atom is -0.297 e. The van der Waals surface area contributed by atoms with Crippen molar-refractivity contribution in [2.24, 2.45) is 0 Å². The predicted octanol–water partition coefficient (Wildman–Crippen LogP) is 7.87. The number of anilines is 1. The number of rotatable bonds is 13. The van der Waals surface area contributed by atoms with Gasteiger partial charge in [-0.15, -0.1) is 0 Å². The van der Waals surface area contributed by atoms with Crippen molar-refractivity contribution in [3.05, 3.63) is 12.0 Å². The Morgan fingerprint density at radius 2 is 1.67 bits per heavy atom. The number of likely N-dealkylation sites (N-methyl/N-ethyl adjacent to an activating group) is 1. The number of nitrogens with zero attached hydrogens (tertiary/aromatic N) is 6. The summed E-state index contributed by atoms with van der Waals surface area (Å²) in [5.41, 5.74) is -0.254. The second kappa shape index (κ2) is 18.0.